The first-order chi connectivity index (χ1) is 8.36. The van der Waals surface area contributed by atoms with E-state index >= 15 is 0 Å². The maximum atomic E-state index is 5.81. The third kappa shape index (κ3) is 6.99. The maximum Gasteiger partial charge on any atom is 0.0615 e. The number of ether oxygens (including phenoxy) is 2. The third-order valence-corrected chi connectivity index (χ3v) is 3.32. The Morgan fingerprint density at radius 3 is 2.76 bits per heavy atom. The highest BCUT2D eigenvalue weighted by molar-refractivity contribution is 4.69. The van der Waals surface area contributed by atoms with Crippen molar-refractivity contribution in [2.45, 2.75) is 50.7 Å². The molecule has 1 aliphatic carbocycles. The number of nitrogens with two attached hydrogens (primary N) is 1. The molecule has 1 rings (SSSR count). The molecule has 0 saturated heterocycles. The van der Waals surface area contributed by atoms with Crippen LogP contribution in [-0.2, 0) is 9.47 Å². The molecule has 102 valence electrons. The van der Waals surface area contributed by atoms with Crippen molar-refractivity contribution in [2.24, 2.45) is 5.73 Å². The van der Waals surface area contributed by atoms with Gasteiger partial charge in [0.05, 0.1) is 19.3 Å². The van der Waals surface area contributed by atoms with Crippen molar-refractivity contribution in [3.8, 4) is 0 Å². The first-order valence-electron chi connectivity index (χ1n) is 6.90. The zero-order valence-corrected chi connectivity index (χ0v) is 11.1. The van der Waals surface area contributed by atoms with Gasteiger partial charge in [0.2, 0.25) is 0 Å². The van der Waals surface area contributed by atoms with E-state index < -0.39 is 0 Å². The SMILES string of the molecule is COCC(CCCN)NCCOC1CCCC1. The van der Waals surface area contributed by atoms with Crippen LogP contribution in [0.15, 0.2) is 0 Å². The van der Waals surface area contributed by atoms with Crippen LogP contribution < -0.4 is 11.1 Å². The molecule has 0 aromatic heterocycles. The highest BCUT2D eigenvalue weighted by atomic mass is 16.5. The van der Waals surface area contributed by atoms with Gasteiger partial charge in [-0.2, -0.15) is 0 Å². The molecule has 1 fully saturated rings. The van der Waals surface area contributed by atoms with E-state index in [9.17, 15) is 0 Å². The van der Waals surface area contributed by atoms with Crippen LogP contribution in [0, 0.1) is 0 Å². The van der Waals surface area contributed by atoms with Crippen LogP contribution in [0.2, 0.25) is 0 Å². The highest BCUT2D eigenvalue weighted by Crippen LogP contribution is 2.20. The van der Waals surface area contributed by atoms with E-state index in [4.69, 9.17) is 15.2 Å². The monoisotopic (exact) mass is 244 g/mol. The summed E-state index contributed by atoms with van der Waals surface area (Å²) in [5.74, 6) is 0. The van der Waals surface area contributed by atoms with Crippen molar-refractivity contribution >= 4 is 0 Å². The number of hydrogen-bond donors (Lipinski definition) is 2. The molecule has 1 aliphatic rings. The molecule has 1 unspecified atom stereocenters. The Morgan fingerprint density at radius 2 is 2.12 bits per heavy atom. The molecule has 0 aliphatic heterocycles. The van der Waals surface area contributed by atoms with Gasteiger partial charge in [-0.1, -0.05) is 12.8 Å². The van der Waals surface area contributed by atoms with E-state index in [0.717, 1.165) is 39.1 Å². The second kappa shape index (κ2) is 9.83. The zero-order chi connectivity index (χ0) is 12.3. The van der Waals surface area contributed by atoms with Crippen molar-refractivity contribution in [3.05, 3.63) is 0 Å². The molecule has 3 N–H and O–H groups in total. The summed E-state index contributed by atoms with van der Waals surface area (Å²) >= 11 is 0. The largest absolute Gasteiger partial charge is 0.383 e. The third-order valence-electron chi connectivity index (χ3n) is 3.32. The van der Waals surface area contributed by atoms with Crippen LogP contribution in [-0.4, -0.2) is 45.6 Å². The Balaban J connectivity index is 2.00. The lowest BCUT2D eigenvalue weighted by molar-refractivity contribution is 0.0566. The summed E-state index contributed by atoms with van der Waals surface area (Å²) < 4.78 is 11.0. The lowest BCUT2D eigenvalue weighted by Gasteiger charge is -2.18. The summed E-state index contributed by atoms with van der Waals surface area (Å²) in [4.78, 5) is 0. The van der Waals surface area contributed by atoms with Crippen LogP contribution in [0.1, 0.15) is 38.5 Å². The molecule has 4 heteroatoms. The molecule has 0 bridgehead atoms. The zero-order valence-electron chi connectivity index (χ0n) is 11.1. The minimum absolute atomic E-state index is 0.413. The van der Waals surface area contributed by atoms with Crippen LogP contribution >= 0.6 is 0 Å². The molecule has 4 nitrogen and oxygen atoms in total. The van der Waals surface area contributed by atoms with Crippen LogP contribution in [0.25, 0.3) is 0 Å². The van der Waals surface area contributed by atoms with Gasteiger partial charge in [-0.15, -0.1) is 0 Å². The van der Waals surface area contributed by atoms with Gasteiger partial charge in [-0.05, 0) is 32.2 Å². The van der Waals surface area contributed by atoms with E-state index in [1.165, 1.54) is 25.7 Å². The van der Waals surface area contributed by atoms with Crippen LogP contribution in [0.4, 0.5) is 0 Å². The predicted molar refractivity (Wildman–Crippen MR) is 70.2 cm³/mol. The van der Waals surface area contributed by atoms with Crippen molar-refractivity contribution in [3.63, 3.8) is 0 Å². The van der Waals surface area contributed by atoms with Gasteiger partial charge >= 0.3 is 0 Å². The maximum absolute atomic E-state index is 5.81. The van der Waals surface area contributed by atoms with E-state index in [0.29, 0.717) is 12.1 Å². The topological polar surface area (TPSA) is 56.5 Å². The first-order valence-corrected chi connectivity index (χ1v) is 6.90. The number of rotatable bonds is 10. The molecule has 0 aromatic carbocycles. The fraction of sp³-hybridized carbons (Fsp3) is 1.00. The minimum Gasteiger partial charge on any atom is -0.383 e. The van der Waals surface area contributed by atoms with Gasteiger partial charge in [0, 0.05) is 19.7 Å². The summed E-state index contributed by atoms with van der Waals surface area (Å²) in [5.41, 5.74) is 5.52. The van der Waals surface area contributed by atoms with Gasteiger partial charge in [0.1, 0.15) is 0 Å². The van der Waals surface area contributed by atoms with Gasteiger partial charge in [-0.3, -0.25) is 0 Å². The van der Waals surface area contributed by atoms with Gasteiger partial charge in [-0.25, -0.2) is 0 Å². The highest BCUT2D eigenvalue weighted by Gasteiger charge is 2.15. The van der Waals surface area contributed by atoms with Gasteiger partial charge in [0.25, 0.3) is 0 Å². The van der Waals surface area contributed by atoms with Crippen molar-refractivity contribution in [2.75, 3.05) is 33.4 Å². The normalized spacial score (nSPS) is 18.7. The summed E-state index contributed by atoms with van der Waals surface area (Å²) in [6, 6.07) is 0.413. The first kappa shape index (κ1) is 14.9. The Morgan fingerprint density at radius 1 is 1.35 bits per heavy atom. The summed E-state index contributed by atoms with van der Waals surface area (Å²) in [6.45, 7) is 3.23. The lowest BCUT2D eigenvalue weighted by atomic mass is 10.1. The molecular weight excluding hydrogens is 216 g/mol. The van der Waals surface area contributed by atoms with Crippen molar-refractivity contribution < 1.29 is 9.47 Å². The molecular formula is C13H28N2O2. The van der Waals surface area contributed by atoms with Crippen molar-refractivity contribution in [1.29, 1.82) is 0 Å². The molecule has 1 saturated carbocycles. The lowest BCUT2D eigenvalue weighted by Crippen LogP contribution is -2.36. The standard InChI is InChI=1S/C13H28N2O2/c1-16-11-12(5-4-8-14)15-9-10-17-13-6-2-3-7-13/h12-13,15H,2-11,14H2,1H3. The number of methoxy groups -OCH3 is 1. The van der Waals surface area contributed by atoms with E-state index in [1.807, 2.05) is 0 Å². The fourth-order valence-electron chi connectivity index (χ4n) is 2.35. The smallest absolute Gasteiger partial charge is 0.0615 e. The van der Waals surface area contributed by atoms with E-state index in [2.05, 4.69) is 5.32 Å². The second-order valence-corrected chi connectivity index (χ2v) is 4.81. The summed E-state index contributed by atoms with van der Waals surface area (Å²) in [6.07, 6.45) is 7.80. The molecule has 17 heavy (non-hydrogen) atoms. The molecule has 0 aromatic rings. The summed E-state index contributed by atoms with van der Waals surface area (Å²) in [7, 11) is 1.74. The average molecular weight is 244 g/mol. The van der Waals surface area contributed by atoms with Crippen LogP contribution in [0.3, 0.4) is 0 Å². The Kier molecular flexibility index (Phi) is 8.61. The average Bonchev–Trinajstić information content (AvgIpc) is 2.84. The van der Waals surface area contributed by atoms with Crippen molar-refractivity contribution in [1.82, 2.24) is 5.32 Å². The predicted octanol–water partition coefficient (Wildman–Crippen LogP) is 1.29. The summed E-state index contributed by atoms with van der Waals surface area (Å²) in [5, 5.41) is 3.47. The Bertz CT molecular complexity index is 173. The molecule has 0 radical (unpaired) electrons. The molecule has 0 heterocycles. The minimum atomic E-state index is 0.413. The second-order valence-electron chi connectivity index (χ2n) is 4.81. The Labute approximate surface area is 105 Å². The molecule has 0 spiro atoms. The molecule has 0 amide bonds. The Hall–Kier alpha value is -0.160. The van der Waals surface area contributed by atoms with Crippen LogP contribution in [0.5, 0.6) is 0 Å². The fourth-order valence-corrected chi connectivity index (χ4v) is 2.35. The quantitative estimate of drug-likeness (QED) is 0.569. The van der Waals surface area contributed by atoms with E-state index in [-0.39, 0.29) is 0 Å². The van der Waals surface area contributed by atoms with E-state index in [1.54, 1.807) is 7.11 Å². The number of hydrogen-bond acceptors (Lipinski definition) is 4. The molecule has 1 atom stereocenters. The van der Waals surface area contributed by atoms with Gasteiger partial charge < -0.3 is 20.5 Å². The number of nitrogens with one attached hydrogen (secondary N) is 1. The van der Waals surface area contributed by atoms with Gasteiger partial charge in [0.15, 0.2) is 0 Å².